The summed E-state index contributed by atoms with van der Waals surface area (Å²) in [5.41, 5.74) is 0. The predicted octanol–water partition coefficient (Wildman–Crippen LogP) is 1.73. The molecule has 4 amide bonds. The average molecular weight is 439 g/mol. The van der Waals surface area contributed by atoms with Crippen LogP contribution in [0, 0.1) is 23.7 Å². The van der Waals surface area contributed by atoms with E-state index < -0.39 is 24.2 Å². The van der Waals surface area contributed by atoms with Gasteiger partial charge >= 0.3 is 0 Å². The van der Waals surface area contributed by atoms with Crippen LogP contribution >= 0.6 is 0 Å². The number of carbonyl (C=O) groups is 4. The molecule has 31 heavy (non-hydrogen) atoms. The Labute approximate surface area is 187 Å². The first-order chi connectivity index (χ1) is 14.4. The van der Waals surface area contributed by atoms with Crippen LogP contribution in [0.15, 0.2) is 0 Å². The summed E-state index contributed by atoms with van der Waals surface area (Å²) in [6, 6.07) is -3.16. The Bertz CT molecular complexity index is 641. The van der Waals surface area contributed by atoms with Gasteiger partial charge in [0.2, 0.25) is 23.6 Å². The lowest BCUT2D eigenvalue weighted by atomic mass is 9.93. The molecule has 2 unspecified atom stereocenters. The molecule has 6 atom stereocenters. The van der Waals surface area contributed by atoms with E-state index in [9.17, 15) is 19.2 Å². The lowest BCUT2D eigenvalue weighted by molar-refractivity contribution is -0.138. The van der Waals surface area contributed by atoms with Crippen LogP contribution in [0.4, 0.5) is 0 Å². The summed E-state index contributed by atoms with van der Waals surface area (Å²) in [4.78, 5) is 52.4. The Morgan fingerprint density at radius 2 is 1.00 bits per heavy atom. The first-order valence-corrected chi connectivity index (χ1v) is 11.6. The molecule has 8 nitrogen and oxygen atoms in total. The van der Waals surface area contributed by atoms with E-state index in [0.29, 0.717) is 19.3 Å². The Morgan fingerprint density at radius 3 is 1.42 bits per heavy atom. The minimum atomic E-state index is -0.804. The Hall–Kier alpha value is -2.12. The SMILES string of the molecule is CCC(C)[C@@H]1NC(=O)[C@H](CC(C)C)NC(=O)[C@H](C(C)CC)NC(=O)[C@H](C(C)C)NC1=O. The minimum absolute atomic E-state index is 0.133. The van der Waals surface area contributed by atoms with Gasteiger partial charge in [-0.05, 0) is 30.1 Å². The normalized spacial score (nSPS) is 28.1. The fraction of sp³-hybridized carbons (Fsp3) is 0.826. The van der Waals surface area contributed by atoms with Gasteiger partial charge in [0.1, 0.15) is 24.2 Å². The standard InChI is InChI=1S/C23H42N4O4/c1-9-14(7)18-22(30)24-16(11-12(3)4)20(28)26-19(15(8)10-2)23(31)25-17(13(5)6)21(29)27-18/h12-19H,9-11H2,1-8H3,(H,24,30)(H,25,31)(H,26,28)(H,27,29)/t14?,15?,16-,17-,18-,19-/m0/s1. The molecule has 0 bridgehead atoms. The van der Waals surface area contributed by atoms with Crippen molar-refractivity contribution in [2.24, 2.45) is 23.7 Å². The van der Waals surface area contributed by atoms with Gasteiger partial charge in [0.15, 0.2) is 0 Å². The highest BCUT2D eigenvalue weighted by Gasteiger charge is 2.37. The Balaban J connectivity index is 3.41. The van der Waals surface area contributed by atoms with Gasteiger partial charge in [-0.1, -0.05) is 68.2 Å². The summed E-state index contributed by atoms with van der Waals surface area (Å²) in [5, 5.41) is 11.3. The molecule has 1 aliphatic rings. The Kier molecular flexibility index (Phi) is 10.5. The van der Waals surface area contributed by atoms with Crippen molar-refractivity contribution in [1.29, 1.82) is 0 Å². The van der Waals surface area contributed by atoms with Crippen molar-refractivity contribution in [3.63, 3.8) is 0 Å². The summed E-state index contributed by atoms with van der Waals surface area (Å²) >= 11 is 0. The van der Waals surface area contributed by atoms with Gasteiger partial charge < -0.3 is 21.3 Å². The van der Waals surface area contributed by atoms with E-state index in [1.807, 2.05) is 55.4 Å². The third-order valence-corrected chi connectivity index (χ3v) is 6.17. The van der Waals surface area contributed by atoms with E-state index in [1.165, 1.54) is 0 Å². The van der Waals surface area contributed by atoms with Gasteiger partial charge in [0.25, 0.3) is 0 Å². The molecule has 0 aromatic heterocycles. The van der Waals surface area contributed by atoms with E-state index >= 15 is 0 Å². The molecular formula is C23H42N4O4. The minimum Gasteiger partial charge on any atom is -0.343 e. The molecule has 1 aliphatic heterocycles. The molecule has 0 saturated carbocycles. The Morgan fingerprint density at radius 1 is 0.613 bits per heavy atom. The molecular weight excluding hydrogens is 396 g/mol. The zero-order valence-corrected chi connectivity index (χ0v) is 20.4. The number of hydrogen-bond donors (Lipinski definition) is 4. The van der Waals surface area contributed by atoms with Crippen LogP contribution < -0.4 is 21.3 Å². The van der Waals surface area contributed by atoms with Crippen molar-refractivity contribution in [3.05, 3.63) is 0 Å². The highest BCUT2D eigenvalue weighted by Crippen LogP contribution is 2.15. The number of nitrogens with one attached hydrogen (secondary N) is 4. The number of rotatable bonds is 7. The molecule has 0 aliphatic carbocycles. The van der Waals surface area contributed by atoms with Gasteiger partial charge in [-0.2, -0.15) is 0 Å². The van der Waals surface area contributed by atoms with Crippen molar-refractivity contribution < 1.29 is 19.2 Å². The van der Waals surface area contributed by atoms with Crippen LogP contribution in [0.25, 0.3) is 0 Å². The van der Waals surface area contributed by atoms with Crippen LogP contribution in [-0.4, -0.2) is 47.8 Å². The predicted molar refractivity (Wildman–Crippen MR) is 121 cm³/mol. The molecule has 178 valence electrons. The maximum Gasteiger partial charge on any atom is 0.243 e. The largest absolute Gasteiger partial charge is 0.343 e. The highest BCUT2D eigenvalue weighted by atomic mass is 16.2. The van der Waals surface area contributed by atoms with E-state index in [4.69, 9.17) is 0 Å². The summed E-state index contributed by atoms with van der Waals surface area (Å²) in [7, 11) is 0. The maximum atomic E-state index is 13.1. The van der Waals surface area contributed by atoms with Crippen LogP contribution in [-0.2, 0) is 19.2 Å². The van der Waals surface area contributed by atoms with E-state index in [0.717, 1.165) is 0 Å². The van der Waals surface area contributed by atoms with Crippen molar-refractivity contribution in [2.45, 2.75) is 98.8 Å². The molecule has 0 spiro atoms. The molecule has 0 aromatic carbocycles. The third kappa shape index (κ3) is 7.51. The molecule has 4 N–H and O–H groups in total. The van der Waals surface area contributed by atoms with Crippen molar-refractivity contribution in [1.82, 2.24) is 21.3 Å². The zero-order chi connectivity index (χ0) is 23.9. The van der Waals surface area contributed by atoms with Crippen molar-refractivity contribution in [2.75, 3.05) is 0 Å². The lowest BCUT2D eigenvalue weighted by Gasteiger charge is -2.33. The second kappa shape index (κ2) is 12.1. The fourth-order valence-electron chi connectivity index (χ4n) is 3.64. The van der Waals surface area contributed by atoms with Gasteiger partial charge in [-0.15, -0.1) is 0 Å². The first-order valence-electron chi connectivity index (χ1n) is 11.6. The molecule has 0 radical (unpaired) electrons. The summed E-state index contributed by atoms with van der Waals surface area (Å²) in [5.74, 6) is -1.82. The lowest BCUT2D eigenvalue weighted by Crippen LogP contribution is -2.64. The molecule has 0 aromatic rings. The molecule has 1 fully saturated rings. The van der Waals surface area contributed by atoms with Crippen LogP contribution in [0.3, 0.4) is 0 Å². The molecule has 8 heteroatoms. The summed E-state index contributed by atoms with van der Waals surface area (Å²) in [6.07, 6.45) is 1.78. The zero-order valence-electron chi connectivity index (χ0n) is 20.4. The highest BCUT2D eigenvalue weighted by molar-refractivity contribution is 5.97. The quantitative estimate of drug-likeness (QED) is 0.484. The molecule has 1 rings (SSSR count). The summed E-state index contributed by atoms with van der Waals surface area (Å²) < 4.78 is 0. The molecule has 1 heterocycles. The second-order valence-corrected chi connectivity index (χ2v) is 9.66. The number of hydrogen-bond acceptors (Lipinski definition) is 4. The van der Waals surface area contributed by atoms with Crippen LogP contribution in [0.2, 0.25) is 0 Å². The van der Waals surface area contributed by atoms with E-state index in [-0.39, 0.29) is 47.3 Å². The smallest absolute Gasteiger partial charge is 0.243 e. The van der Waals surface area contributed by atoms with Crippen LogP contribution in [0.5, 0.6) is 0 Å². The van der Waals surface area contributed by atoms with Gasteiger partial charge in [-0.25, -0.2) is 0 Å². The maximum absolute atomic E-state index is 13.1. The van der Waals surface area contributed by atoms with Crippen LogP contribution in [0.1, 0.15) is 74.7 Å². The van der Waals surface area contributed by atoms with Crippen molar-refractivity contribution in [3.8, 4) is 0 Å². The van der Waals surface area contributed by atoms with Gasteiger partial charge in [-0.3, -0.25) is 19.2 Å². The number of carbonyl (C=O) groups excluding carboxylic acids is 4. The van der Waals surface area contributed by atoms with Gasteiger partial charge in [0.05, 0.1) is 0 Å². The first kappa shape index (κ1) is 26.9. The topological polar surface area (TPSA) is 116 Å². The average Bonchev–Trinajstić information content (AvgIpc) is 2.70. The second-order valence-electron chi connectivity index (χ2n) is 9.66. The van der Waals surface area contributed by atoms with E-state index in [1.54, 1.807) is 0 Å². The van der Waals surface area contributed by atoms with E-state index in [2.05, 4.69) is 21.3 Å². The summed E-state index contributed by atoms with van der Waals surface area (Å²) in [6.45, 7) is 15.3. The third-order valence-electron chi connectivity index (χ3n) is 6.17. The van der Waals surface area contributed by atoms with Crippen molar-refractivity contribution >= 4 is 23.6 Å². The number of amides is 4. The fourth-order valence-corrected chi connectivity index (χ4v) is 3.64. The molecule has 1 saturated heterocycles. The monoisotopic (exact) mass is 438 g/mol. The van der Waals surface area contributed by atoms with Gasteiger partial charge in [0, 0.05) is 0 Å².